The molecule has 0 bridgehead atoms. The largest absolute Gasteiger partial charge is 0.388 e. The topological polar surface area (TPSA) is 24.1 Å². The molecular formula is C18H24N2. The predicted molar refractivity (Wildman–Crippen MR) is 87.2 cm³/mol. The minimum absolute atomic E-state index is 0.919. The highest BCUT2D eigenvalue weighted by molar-refractivity contribution is 5.44. The van der Waals surface area contributed by atoms with Gasteiger partial charge in [-0.15, -0.1) is 0 Å². The van der Waals surface area contributed by atoms with Gasteiger partial charge in [-0.05, 0) is 48.2 Å². The van der Waals surface area contributed by atoms with Crippen LogP contribution in [0, 0.1) is 0 Å². The lowest BCUT2D eigenvalue weighted by atomic mass is 10.1. The van der Waals surface area contributed by atoms with Crippen molar-refractivity contribution < 1.29 is 0 Å². The second-order valence-electron chi connectivity index (χ2n) is 5.05. The van der Waals surface area contributed by atoms with E-state index in [1.165, 1.54) is 22.4 Å². The van der Waals surface area contributed by atoms with Gasteiger partial charge in [0.25, 0.3) is 0 Å². The third-order valence-electron chi connectivity index (χ3n) is 3.57. The highest BCUT2D eigenvalue weighted by Crippen LogP contribution is 2.09. The van der Waals surface area contributed by atoms with Crippen molar-refractivity contribution in [3.05, 3.63) is 65.2 Å². The first kappa shape index (κ1) is 14.6. The average molecular weight is 268 g/mol. The standard InChI is InChI=1S/C18H24N2/c1-3-15-7-9-16(10-8-15)11-12-20-14-17-5-4-6-18(13-17)19-2/h4-10,13,19-20H,3,11-12,14H2,1-2H3. The molecule has 2 nitrogen and oxygen atoms in total. The molecule has 20 heavy (non-hydrogen) atoms. The second-order valence-corrected chi connectivity index (χ2v) is 5.05. The first-order chi connectivity index (χ1) is 9.81. The molecule has 0 atom stereocenters. The second kappa shape index (κ2) is 7.71. The van der Waals surface area contributed by atoms with Gasteiger partial charge in [0.1, 0.15) is 0 Å². The quantitative estimate of drug-likeness (QED) is 0.749. The smallest absolute Gasteiger partial charge is 0.0340 e. The Morgan fingerprint density at radius 2 is 1.65 bits per heavy atom. The maximum Gasteiger partial charge on any atom is 0.0340 e. The van der Waals surface area contributed by atoms with Gasteiger partial charge < -0.3 is 10.6 Å². The van der Waals surface area contributed by atoms with E-state index in [1.54, 1.807) is 0 Å². The van der Waals surface area contributed by atoms with Gasteiger partial charge >= 0.3 is 0 Å². The zero-order chi connectivity index (χ0) is 14.2. The minimum Gasteiger partial charge on any atom is -0.388 e. The zero-order valence-electron chi connectivity index (χ0n) is 12.4. The molecule has 0 radical (unpaired) electrons. The van der Waals surface area contributed by atoms with Crippen LogP contribution >= 0.6 is 0 Å². The summed E-state index contributed by atoms with van der Waals surface area (Å²) in [5.41, 5.74) is 5.29. The van der Waals surface area contributed by atoms with Crippen LogP contribution in [0.25, 0.3) is 0 Å². The molecule has 2 rings (SSSR count). The molecule has 0 amide bonds. The van der Waals surface area contributed by atoms with E-state index in [9.17, 15) is 0 Å². The van der Waals surface area contributed by atoms with Gasteiger partial charge in [-0.1, -0.05) is 43.3 Å². The molecule has 0 heterocycles. The maximum atomic E-state index is 3.50. The minimum atomic E-state index is 0.919. The van der Waals surface area contributed by atoms with E-state index in [-0.39, 0.29) is 0 Å². The van der Waals surface area contributed by atoms with Gasteiger partial charge in [-0.2, -0.15) is 0 Å². The van der Waals surface area contributed by atoms with Gasteiger partial charge in [-0.3, -0.25) is 0 Å². The summed E-state index contributed by atoms with van der Waals surface area (Å²) in [5.74, 6) is 0. The summed E-state index contributed by atoms with van der Waals surface area (Å²) in [5, 5.41) is 6.67. The van der Waals surface area contributed by atoms with Crippen molar-refractivity contribution in [1.29, 1.82) is 0 Å². The van der Waals surface area contributed by atoms with Crippen LogP contribution in [0.2, 0.25) is 0 Å². The average Bonchev–Trinajstić information content (AvgIpc) is 2.52. The van der Waals surface area contributed by atoms with Gasteiger partial charge in [-0.25, -0.2) is 0 Å². The molecule has 0 fully saturated rings. The molecule has 2 aromatic carbocycles. The van der Waals surface area contributed by atoms with E-state index >= 15 is 0 Å². The molecule has 0 unspecified atom stereocenters. The third kappa shape index (κ3) is 4.39. The van der Waals surface area contributed by atoms with E-state index in [0.29, 0.717) is 0 Å². The Balaban J connectivity index is 1.75. The van der Waals surface area contributed by atoms with Crippen molar-refractivity contribution >= 4 is 5.69 Å². The van der Waals surface area contributed by atoms with Crippen LogP contribution in [0.15, 0.2) is 48.5 Å². The Hall–Kier alpha value is -1.80. The molecule has 0 aliphatic heterocycles. The van der Waals surface area contributed by atoms with Crippen LogP contribution in [0.4, 0.5) is 5.69 Å². The van der Waals surface area contributed by atoms with Gasteiger partial charge in [0.05, 0.1) is 0 Å². The van der Waals surface area contributed by atoms with E-state index in [1.807, 2.05) is 7.05 Å². The third-order valence-corrected chi connectivity index (χ3v) is 3.57. The van der Waals surface area contributed by atoms with Crippen molar-refractivity contribution in [3.63, 3.8) is 0 Å². The Bertz CT molecular complexity index is 517. The first-order valence-corrected chi connectivity index (χ1v) is 7.37. The van der Waals surface area contributed by atoms with Crippen molar-refractivity contribution in [2.24, 2.45) is 0 Å². The van der Waals surface area contributed by atoms with E-state index < -0.39 is 0 Å². The molecule has 0 saturated carbocycles. The lowest BCUT2D eigenvalue weighted by Crippen LogP contribution is -2.16. The molecule has 0 aliphatic carbocycles. The summed E-state index contributed by atoms with van der Waals surface area (Å²) in [4.78, 5) is 0. The summed E-state index contributed by atoms with van der Waals surface area (Å²) in [7, 11) is 1.95. The van der Waals surface area contributed by atoms with Crippen molar-refractivity contribution in [2.45, 2.75) is 26.3 Å². The number of benzene rings is 2. The van der Waals surface area contributed by atoms with E-state index in [2.05, 4.69) is 66.1 Å². The first-order valence-electron chi connectivity index (χ1n) is 7.37. The van der Waals surface area contributed by atoms with E-state index in [4.69, 9.17) is 0 Å². The Morgan fingerprint density at radius 3 is 2.35 bits per heavy atom. The molecular weight excluding hydrogens is 244 g/mol. The monoisotopic (exact) mass is 268 g/mol. The van der Waals surface area contributed by atoms with E-state index in [0.717, 1.165) is 25.9 Å². The van der Waals surface area contributed by atoms with Crippen LogP contribution in [0.3, 0.4) is 0 Å². The van der Waals surface area contributed by atoms with Crippen LogP contribution in [-0.4, -0.2) is 13.6 Å². The molecule has 0 saturated heterocycles. The fourth-order valence-electron chi connectivity index (χ4n) is 2.24. The number of hydrogen-bond acceptors (Lipinski definition) is 2. The highest BCUT2D eigenvalue weighted by atomic mass is 14.8. The summed E-state index contributed by atoms with van der Waals surface area (Å²) in [6.45, 7) is 4.12. The number of rotatable bonds is 7. The molecule has 106 valence electrons. The fourth-order valence-corrected chi connectivity index (χ4v) is 2.24. The van der Waals surface area contributed by atoms with Gasteiger partial charge in [0.2, 0.25) is 0 Å². The molecule has 0 aromatic heterocycles. The molecule has 0 aliphatic rings. The van der Waals surface area contributed by atoms with Crippen LogP contribution in [-0.2, 0) is 19.4 Å². The maximum absolute atomic E-state index is 3.50. The number of aryl methyl sites for hydroxylation is 1. The lowest BCUT2D eigenvalue weighted by molar-refractivity contribution is 0.687. The summed E-state index contributed by atoms with van der Waals surface area (Å²) in [6, 6.07) is 17.4. The number of anilines is 1. The predicted octanol–water partition coefficient (Wildman–Crippen LogP) is 3.62. The van der Waals surface area contributed by atoms with Crippen LogP contribution in [0.5, 0.6) is 0 Å². The van der Waals surface area contributed by atoms with Crippen molar-refractivity contribution in [1.82, 2.24) is 5.32 Å². The zero-order valence-corrected chi connectivity index (χ0v) is 12.4. The number of nitrogens with one attached hydrogen (secondary N) is 2. The van der Waals surface area contributed by atoms with Crippen LogP contribution < -0.4 is 10.6 Å². The summed E-state index contributed by atoms with van der Waals surface area (Å²) in [6.07, 6.45) is 2.19. The van der Waals surface area contributed by atoms with Crippen LogP contribution in [0.1, 0.15) is 23.6 Å². The molecule has 2 heteroatoms. The summed E-state index contributed by atoms with van der Waals surface area (Å²) >= 11 is 0. The Labute approximate surface area is 122 Å². The molecule has 2 N–H and O–H groups in total. The van der Waals surface area contributed by atoms with Crippen molar-refractivity contribution in [2.75, 3.05) is 18.9 Å². The van der Waals surface area contributed by atoms with Gasteiger partial charge in [0.15, 0.2) is 0 Å². The van der Waals surface area contributed by atoms with Gasteiger partial charge in [0, 0.05) is 19.3 Å². The normalized spacial score (nSPS) is 10.5. The molecule has 0 spiro atoms. The Morgan fingerprint density at radius 1 is 0.900 bits per heavy atom. The Kier molecular flexibility index (Phi) is 5.63. The highest BCUT2D eigenvalue weighted by Gasteiger charge is 1.96. The SMILES string of the molecule is CCc1ccc(CCNCc2cccc(NC)c2)cc1. The fraction of sp³-hybridized carbons (Fsp3) is 0.333. The summed E-state index contributed by atoms with van der Waals surface area (Å²) < 4.78 is 0. The van der Waals surface area contributed by atoms with Crippen molar-refractivity contribution in [3.8, 4) is 0 Å². The number of hydrogen-bond donors (Lipinski definition) is 2. The lowest BCUT2D eigenvalue weighted by Gasteiger charge is -2.07. The molecule has 2 aromatic rings.